The molecule has 0 bridgehead atoms. The Morgan fingerprint density at radius 2 is 1.82 bits per heavy atom. The van der Waals surface area contributed by atoms with Gasteiger partial charge >= 0.3 is 0 Å². The molecule has 3 nitrogen and oxygen atoms in total. The normalized spacial score (nSPS) is 11.6. The van der Waals surface area contributed by atoms with Gasteiger partial charge < -0.3 is 0 Å². The molecule has 0 aromatic heterocycles. The van der Waals surface area contributed by atoms with Crippen LogP contribution >= 0.6 is 0 Å². The molecule has 0 heterocycles. The van der Waals surface area contributed by atoms with Gasteiger partial charge in [-0.25, -0.2) is 8.42 Å². The third-order valence-corrected chi connectivity index (χ3v) is 5.45. The van der Waals surface area contributed by atoms with Crippen LogP contribution in [0.1, 0.15) is 38.2 Å². The lowest BCUT2D eigenvalue weighted by Crippen LogP contribution is -2.33. The zero-order chi connectivity index (χ0) is 16.6. The summed E-state index contributed by atoms with van der Waals surface area (Å²) in [5.74, 6) is 0. The molecule has 0 saturated heterocycles. The van der Waals surface area contributed by atoms with Gasteiger partial charge in [0, 0.05) is 13.1 Å². The van der Waals surface area contributed by atoms with Crippen LogP contribution in [-0.4, -0.2) is 25.8 Å². The molecule has 0 atom stereocenters. The van der Waals surface area contributed by atoms with Gasteiger partial charge in [0.1, 0.15) is 0 Å². The van der Waals surface area contributed by atoms with E-state index in [1.54, 1.807) is 18.2 Å². The van der Waals surface area contributed by atoms with E-state index in [1.165, 1.54) is 4.31 Å². The van der Waals surface area contributed by atoms with Gasteiger partial charge in [0.05, 0.1) is 4.90 Å². The smallest absolute Gasteiger partial charge is 0.207 e. The number of rotatable bonds is 10. The first-order valence-corrected chi connectivity index (χ1v) is 9.23. The second kappa shape index (κ2) is 8.91. The second-order valence-corrected chi connectivity index (χ2v) is 7.51. The zero-order valence-electron chi connectivity index (χ0n) is 13.7. The summed E-state index contributed by atoms with van der Waals surface area (Å²) in [5, 5.41) is 0. The predicted octanol–water partition coefficient (Wildman–Crippen LogP) is 4.31. The van der Waals surface area contributed by atoms with Crippen molar-refractivity contribution < 1.29 is 8.42 Å². The van der Waals surface area contributed by atoms with Gasteiger partial charge in [-0.2, -0.15) is 4.31 Å². The van der Waals surface area contributed by atoms with E-state index in [9.17, 15) is 8.42 Å². The van der Waals surface area contributed by atoms with Crippen molar-refractivity contribution in [1.82, 2.24) is 4.31 Å². The van der Waals surface area contributed by atoms with Crippen molar-refractivity contribution in [2.45, 2.75) is 44.4 Å². The zero-order valence-corrected chi connectivity index (χ0v) is 14.5. The number of aryl methyl sites for hydroxylation is 1. The van der Waals surface area contributed by atoms with E-state index in [0.717, 1.165) is 31.2 Å². The molecule has 1 rings (SSSR count). The van der Waals surface area contributed by atoms with E-state index in [0.29, 0.717) is 23.6 Å². The highest BCUT2D eigenvalue weighted by molar-refractivity contribution is 7.89. The van der Waals surface area contributed by atoms with Gasteiger partial charge in [-0.3, -0.25) is 0 Å². The van der Waals surface area contributed by atoms with Crippen LogP contribution < -0.4 is 0 Å². The van der Waals surface area contributed by atoms with Gasteiger partial charge in [0.2, 0.25) is 10.0 Å². The standard InChI is InChI=1S/C18H27NO2S/c1-5-7-8-9-14-19(15-16(3)6-2)22(20,21)18-12-10-17(4)11-13-18/h6,10-13H,2-3,5,7-9,14-15H2,1,4H3. The highest BCUT2D eigenvalue weighted by Crippen LogP contribution is 2.18. The van der Waals surface area contributed by atoms with Crippen LogP contribution in [-0.2, 0) is 10.0 Å². The molecule has 0 aliphatic carbocycles. The van der Waals surface area contributed by atoms with Gasteiger partial charge in [0.25, 0.3) is 0 Å². The Kier molecular flexibility index (Phi) is 7.56. The lowest BCUT2D eigenvalue weighted by atomic mass is 10.2. The molecule has 0 N–H and O–H groups in total. The first kappa shape index (κ1) is 18.7. The first-order chi connectivity index (χ1) is 10.4. The quantitative estimate of drug-likeness (QED) is 0.476. The van der Waals surface area contributed by atoms with Crippen LogP contribution in [0.15, 0.2) is 54.0 Å². The van der Waals surface area contributed by atoms with Crippen LogP contribution in [0.25, 0.3) is 0 Å². The molecule has 1 aromatic rings. The molecule has 4 heteroatoms. The van der Waals surface area contributed by atoms with E-state index < -0.39 is 10.0 Å². The fourth-order valence-corrected chi connectivity index (χ4v) is 3.63. The van der Waals surface area contributed by atoms with Crippen molar-refractivity contribution >= 4 is 10.0 Å². The number of unbranched alkanes of at least 4 members (excludes halogenated alkanes) is 3. The Bertz CT molecular complexity index is 588. The van der Waals surface area contributed by atoms with Crippen molar-refractivity contribution in [3.05, 3.63) is 54.6 Å². The summed E-state index contributed by atoms with van der Waals surface area (Å²) in [4.78, 5) is 0.338. The predicted molar refractivity (Wildman–Crippen MR) is 93.4 cm³/mol. The summed E-state index contributed by atoms with van der Waals surface area (Å²) in [6.45, 7) is 12.4. The first-order valence-electron chi connectivity index (χ1n) is 7.78. The molecule has 0 saturated carbocycles. The van der Waals surface area contributed by atoms with Crippen molar-refractivity contribution in [1.29, 1.82) is 0 Å². The fraction of sp³-hybridized carbons (Fsp3) is 0.444. The van der Waals surface area contributed by atoms with E-state index in [2.05, 4.69) is 20.1 Å². The molecular formula is C18H27NO2S. The Morgan fingerprint density at radius 3 is 2.36 bits per heavy atom. The highest BCUT2D eigenvalue weighted by Gasteiger charge is 2.23. The molecule has 22 heavy (non-hydrogen) atoms. The monoisotopic (exact) mass is 321 g/mol. The number of sulfonamides is 1. The molecule has 122 valence electrons. The summed E-state index contributed by atoms with van der Waals surface area (Å²) in [5.41, 5.74) is 1.76. The molecule has 1 aromatic carbocycles. The average molecular weight is 321 g/mol. The summed E-state index contributed by atoms with van der Waals surface area (Å²) in [6, 6.07) is 6.98. The fourth-order valence-electron chi connectivity index (χ4n) is 2.15. The Hall–Kier alpha value is -1.39. The van der Waals surface area contributed by atoms with Crippen LogP contribution in [0.5, 0.6) is 0 Å². The summed E-state index contributed by atoms with van der Waals surface area (Å²) < 4.78 is 27.1. The minimum Gasteiger partial charge on any atom is -0.207 e. The van der Waals surface area contributed by atoms with Crippen molar-refractivity contribution in [2.24, 2.45) is 0 Å². The number of benzene rings is 1. The third-order valence-electron chi connectivity index (χ3n) is 3.59. The average Bonchev–Trinajstić information content (AvgIpc) is 2.50. The topological polar surface area (TPSA) is 37.4 Å². The van der Waals surface area contributed by atoms with E-state index in [1.807, 2.05) is 19.1 Å². The summed E-state index contributed by atoms with van der Waals surface area (Å²) >= 11 is 0. The van der Waals surface area contributed by atoms with Gasteiger partial charge in [0.15, 0.2) is 0 Å². The van der Waals surface area contributed by atoms with Crippen LogP contribution in [0.2, 0.25) is 0 Å². The van der Waals surface area contributed by atoms with Crippen LogP contribution in [0.4, 0.5) is 0 Å². The minimum atomic E-state index is -3.49. The third kappa shape index (κ3) is 5.43. The molecule has 0 unspecified atom stereocenters. The van der Waals surface area contributed by atoms with Gasteiger partial charge in [-0.15, -0.1) is 0 Å². The largest absolute Gasteiger partial charge is 0.243 e. The molecule has 0 aliphatic heterocycles. The maximum Gasteiger partial charge on any atom is 0.243 e. The number of nitrogens with zero attached hydrogens (tertiary/aromatic N) is 1. The van der Waals surface area contributed by atoms with Crippen molar-refractivity contribution in [3.63, 3.8) is 0 Å². The molecule has 0 fully saturated rings. The number of hydrogen-bond donors (Lipinski definition) is 0. The lowest BCUT2D eigenvalue weighted by Gasteiger charge is -2.22. The van der Waals surface area contributed by atoms with E-state index in [-0.39, 0.29) is 0 Å². The van der Waals surface area contributed by atoms with Crippen molar-refractivity contribution in [3.8, 4) is 0 Å². The van der Waals surface area contributed by atoms with Crippen molar-refractivity contribution in [2.75, 3.05) is 13.1 Å². The molecular weight excluding hydrogens is 294 g/mol. The maximum atomic E-state index is 12.8. The van der Waals surface area contributed by atoms with Crippen LogP contribution in [0.3, 0.4) is 0 Å². The lowest BCUT2D eigenvalue weighted by molar-refractivity contribution is 0.422. The SMILES string of the molecule is C=CC(=C)CN(CCCCCC)S(=O)(=O)c1ccc(C)cc1. The van der Waals surface area contributed by atoms with E-state index >= 15 is 0 Å². The summed E-state index contributed by atoms with van der Waals surface area (Å²) in [6.07, 6.45) is 5.77. The highest BCUT2D eigenvalue weighted by atomic mass is 32.2. The van der Waals surface area contributed by atoms with Crippen LogP contribution in [0, 0.1) is 6.92 Å². The molecule has 0 radical (unpaired) electrons. The minimum absolute atomic E-state index is 0.297. The maximum absolute atomic E-state index is 12.8. The Morgan fingerprint density at radius 1 is 1.18 bits per heavy atom. The molecule has 0 aliphatic rings. The number of hydrogen-bond acceptors (Lipinski definition) is 2. The van der Waals surface area contributed by atoms with Gasteiger partial charge in [-0.05, 0) is 31.1 Å². The Labute approximate surface area is 135 Å². The second-order valence-electron chi connectivity index (χ2n) is 5.57. The summed E-state index contributed by atoms with van der Waals surface area (Å²) in [7, 11) is -3.49. The molecule has 0 spiro atoms. The molecule has 0 amide bonds. The van der Waals surface area contributed by atoms with E-state index in [4.69, 9.17) is 0 Å². The van der Waals surface area contributed by atoms with Gasteiger partial charge in [-0.1, -0.05) is 63.1 Å². The Balaban J connectivity index is 2.93.